The normalized spacial score (nSPS) is 11.0. The fourth-order valence-electron chi connectivity index (χ4n) is 2.66. The van der Waals surface area contributed by atoms with E-state index in [9.17, 15) is 14.0 Å². The molecule has 0 aliphatic rings. The van der Waals surface area contributed by atoms with Crippen molar-refractivity contribution in [1.29, 1.82) is 0 Å². The number of ether oxygens (including phenoxy) is 1. The number of anilines is 1. The molecule has 6 heteroatoms. The third-order valence-electron chi connectivity index (χ3n) is 4.15. The van der Waals surface area contributed by atoms with Crippen molar-refractivity contribution in [2.45, 2.75) is 6.92 Å². The van der Waals surface area contributed by atoms with E-state index < -0.39 is 5.91 Å². The van der Waals surface area contributed by atoms with Gasteiger partial charge < -0.3 is 15.8 Å². The Morgan fingerprint density at radius 3 is 2.28 bits per heavy atom. The van der Waals surface area contributed by atoms with Gasteiger partial charge in [-0.15, -0.1) is 0 Å². The number of hydrogen-bond donors (Lipinski definition) is 2. The number of nitrogens with one attached hydrogen (secondary N) is 1. The number of carbonyl (C=O) groups excluding carboxylic acids is 2. The predicted molar refractivity (Wildman–Crippen MR) is 110 cm³/mol. The van der Waals surface area contributed by atoms with E-state index in [1.54, 1.807) is 67.6 Å². The number of allylic oxidation sites excluding steroid dienone is 1. The average Bonchev–Trinajstić information content (AvgIpc) is 2.70. The molecule has 0 unspecified atom stereocenters. The number of nitrogens with two attached hydrogens (primary N) is 1. The molecule has 0 aromatic heterocycles. The van der Waals surface area contributed by atoms with Gasteiger partial charge in [0, 0.05) is 11.8 Å². The van der Waals surface area contributed by atoms with Crippen LogP contribution in [-0.2, 0) is 4.79 Å². The zero-order chi connectivity index (χ0) is 20.8. The zero-order valence-corrected chi connectivity index (χ0v) is 15.7. The summed E-state index contributed by atoms with van der Waals surface area (Å²) in [5, 5.41) is 2.76. The van der Waals surface area contributed by atoms with E-state index in [0.29, 0.717) is 22.8 Å². The van der Waals surface area contributed by atoms with Crippen molar-refractivity contribution in [3.63, 3.8) is 0 Å². The van der Waals surface area contributed by atoms with Gasteiger partial charge in [0.2, 0.25) is 5.91 Å². The largest absolute Gasteiger partial charge is 0.457 e. The smallest absolute Gasteiger partial charge is 0.252 e. The van der Waals surface area contributed by atoms with E-state index in [1.807, 2.05) is 0 Å². The molecule has 0 aliphatic carbocycles. The van der Waals surface area contributed by atoms with E-state index in [4.69, 9.17) is 10.5 Å². The number of benzene rings is 3. The highest BCUT2D eigenvalue weighted by molar-refractivity contribution is 6.03. The third kappa shape index (κ3) is 5.29. The highest BCUT2D eigenvalue weighted by Crippen LogP contribution is 2.26. The van der Waals surface area contributed by atoms with Gasteiger partial charge >= 0.3 is 0 Å². The Morgan fingerprint density at radius 1 is 0.966 bits per heavy atom. The van der Waals surface area contributed by atoms with Gasteiger partial charge in [-0.2, -0.15) is 0 Å². The minimum atomic E-state index is -0.576. The molecule has 3 N–H and O–H groups in total. The minimum absolute atomic E-state index is 0.284. The van der Waals surface area contributed by atoms with E-state index in [1.165, 1.54) is 18.2 Å². The van der Waals surface area contributed by atoms with Crippen molar-refractivity contribution in [2.24, 2.45) is 5.73 Å². The maximum atomic E-state index is 13.0. The van der Waals surface area contributed by atoms with Crippen LogP contribution in [0, 0.1) is 5.82 Å². The number of halogens is 1. The van der Waals surface area contributed by atoms with E-state index in [0.717, 1.165) is 5.56 Å². The van der Waals surface area contributed by atoms with Gasteiger partial charge in [0.05, 0.1) is 5.56 Å². The first kappa shape index (κ1) is 19.8. The summed E-state index contributed by atoms with van der Waals surface area (Å²) in [5.74, 6) is -0.358. The maximum Gasteiger partial charge on any atom is 0.252 e. The second-order valence-corrected chi connectivity index (χ2v) is 6.31. The van der Waals surface area contributed by atoms with Crippen LogP contribution < -0.4 is 15.8 Å². The first-order chi connectivity index (χ1) is 13.9. The number of rotatable bonds is 6. The maximum absolute atomic E-state index is 13.0. The number of para-hydroxylation sites is 1. The van der Waals surface area contributed by atoms with Crippen molar-refractivity contribution >= 4 is 23.1 Å². The van der Waals surface area contributed by atoms with Gasteiger partial charge in [-0.05, 0) is 66.6 Å². The Kier molecular flexibility index (Phi) is 6.04. The quantitative estimate of drug-likeness (QED) is 0.596. The number of primary amides is 1. The number of carbonyl (C=O) groups is 2. The summed E-state index contributed by atoms with van der Waals surface area (Å²) in [5.41, 5.74) is 7.68. The van der Waals surface area contributed by atoms with E-state index in [2.05, 4.69) is 5.32 Å². The molecular weight excluding hydrogens is 371 g/mol. The first-order valence-corrected chi connectivity index (χ1v) is 8.84. The molecule has 0 bridgehead atoms. The molecule has 0 fully saturated rings. The summed E-state index contributed by atoms with van der Waals surface area (Å²) in [6.07, 6.45) is 1.45. The molecule has 0 saturated carbocycles. The first-order valence-electron chi connectivity index (χ1n) is 8.84. The second-order valence-electron chi connectivity index (χ2n) is 6.31. The van der Waals surface area contributed by atoms with Crippen molar-refractivity contribution in [1.82, 2.24) is 0 Å². The Balaban J connectivity index is 1.66. The second kappa shape index (κ2) is 8.84. The van der Waals surface area contributed by atoms with Gasteiger partial charge in [-0.25, -0.2) is 4.39 Å². The fourth-order valence-corrected chi connectivity index (χ4v) is 2.66. The van der Waals surface area contributed by atoms with Crippen molar-refractivity contribution in [3.8, 4) is 11.5 Å². The summed E-state index contributed by atoms with van der Waals surface area (Å²) in [7, 11) is 0. The van der Waals surface area contributed by atoms with Gasteiger partial charge in [0.25, 0.3) is 5.91 Å². The van der Waals surface area contributed by atoms with Crippen LogP contribution in [0.2, 0.25) is 0 Å². The third-order valence-corrected chi connectivity index (χ3v) is 4.15. The van der Waals surface area contributed by atoms with Crippen molar-refractivity contribution in [2.75, 3.05) is 5.32 Å². The van der Waals surface area contributed by atoms with Gasteiger partial charge in [-0.3, -0.25) is 9.59 Å². The Hall–Kier alpha value is -3.93. The van der Waals surface area contributed by atoms with Crippen LogP contribution >= 0.6 is 0 Å². The molecule has 29 heavy (non-hydrogen) atoms. The fraction of sp³-hybridized carbons (Fsp3) is 0.0435. The topological polar surface area (TPSA) is 81.4 Å². The summed E-state index contributed by atoms with van der Waals surface area (Å²) in [6, 6.07) is 19.3. The molecule has 0 aliphatic heterocycles. The van der Waals surface area contributed by atoms with Crippen LogP contribution in [0.4, 0.5) is 10.1 Å². The summed E-state index contributed by atoms with van der Waals surface area (Å²) in [6.45, 7) is 1.78. The van der Waals surface area contributed by atoms with Gasteiger partial charge in [0.1, 0.15) is 17.3 Å². The molecule has 146 valence electrons. The summed E-state index contributed by atoms with van der Waals surface area (Å²) in [4.78, 5) is 23.7. The lowest BCUT2D eigenvalue weighted by Gasteiger charge is -2.10. The number of amides is 2. The predicted octanol–water partition coefficient (Wildman–Crippen LogP) is 4.76. The van der Waals surface area contributed by atoms with Crippen LogP contribution in [0.3, 0.4) is 0 Å². The zero-order valence-electron chi connectivity index (χ0n) is 15.7. The lowest BCUT2D eigenvalue weighted by molar-refractivity contribution is -0.111. The van der Waals surface area contributed by atoms with Gasteiger partial charge in [0.15, 0.2) is 0 Å². The van der Waals surface area contributed by atoms with E-state index >= 15 is 0 Å². The standard InChI is InChI=1S/C23H19FN2O3/c1-15(16-6-8-17(24)9-7-16)14-22(27)26-18-10-12-19(13-11-18)29-21-5-3-2-4-20(21)23(25)28/h2-14H,1H3,(H2,25,28)(H,26,27)/b15-14+. The van der Waals surface area contributed by atoms with Crippen LogP contribution in [0.15, 0.2) is 78.9 Å². The molecule has 0 radical (unpaired) electrons. The van der Waals surface area contributed by atoms with Crippen LogP contribution in [-0.4, -0.2) is 11.8 Å². The summed E-state index contributed by atoms with van der Waals surface area (Å²) < 4.78 is 18.7. The number of hydrogen-bond acceptors (Lipinski definition) is 3. The van der Waals surface area contributed by atoms with Crippen molar-refractivity contribution in [3.05, 3.63) is 95.8 Å². The van der Waals surface area contributed by atoms with E-state index in [-0.39, 0.29) is 17.3 Å². The molecule has 3 aromatic rings. The molecule has 0 saturated heterocycles. The molecule has 0 atom stereocenters. The highest BCUT2D eigenvalue weighted by atomic mass is 19.1. The molecular formula is C23H19FN2O3. The van der Waals surface area contributed by atoms with Gasteiger partial charge in [-0.1, -0.05) is 24.3 Å². The van der Waals surface area contributed by atoms with Crippen LogP contribution in [0.1, 0.15) is 22.8 Å². The Bertz CT molecular complexity index is 1060. The SMILES string of the molecule is C/C(=C\C(=O)Nc1ccc(Oc2ccccc2C(N)=O)cc1)c1ccc(F)cc1. The summed E-state index contributed by atoms with van der Waals surface area (Å²) >= 11 is 0. The van der Waals surface area contributed by atoms with Crippen molar-refractivity contribution < 1.29 is 18.7 Å². The lowest BCUT2D eigenvalue weighted by atomic mass is 10.1. The minimum Gasteiger partial charge on any atom is -0.457 e. The molecule has 0 spiro atoms. The monoisotopic (exact) mass is 390 g/mol. The molecule has 2 amide bonds. The van der Waals surface area contributed by atoms with Crippen LogP contribution in [0.5, 0.6) is 11.5 Å². The molecule has 3 rings (SSSR count). The average molecular weight is 390 g/mol. The molecule has 5 nitrogen and oxygen atoms in total. The Morgan fingerprint density at radius 2 is 1.62 bits per heavy atom. The molecule has 3 aromatic carbocycles. The van der Waals surface area contributed by atoms with Crippen LogP contribution in [0.25, 0.3) is 5.57 Å². The Labute approximate surface area is 167 Å². The molecule has 0 heterocycles. The highest BCUT2D eigenvalue weighted by Gasteiger charge is 2.09. The lowest BCUT2D eigenvalue weighted by Crippen LogP contribution is -2.12.